The first kappa shape index (κ1) is 22.8. The molecule has 1 aliphatic rings. The predicted octanol–water partition coefficient (Wildman–Crippen LogP) is 6.17. The van der Waals surface area contributed by atoms with E-state index in [9.17, 15) is 0 Å². The molecule has 3 heteroatoms. The normalized spacial score (nSPS) is 17.1. The molecule has 0 bridgehead atoms. The van der Waals surface area contributed by atoms with Crippen molar-refractivity contribution in [2.24, 2.45) is 5.92 Å². The number of piperidine rings is 1. The van der Waals surface area contributed by atoms with E-state index in [1.54, 1.807) is 0 Å². The lowest BCUT2D eigenvalue weighted by Gasteiger charge is -2.32. The minimum atomic E-state index is 0. The van der Waals surface area contributed by atoms with E-state index in [4.69, 9.17) is 4.74 Å². The molecular formula is C25H36ClNO. The topological polar surface area (TPSA) is 12.5 Å². The molecule has 2 nitrogen and oxygen atoms in total. The Morgan fingerprint density at radius 2 is 1.64 bits per heavy atom. The minimum absolute atomic E-state index is 0. The van der Waals surface area contributed by atoms with Gasteiger partial charge in [-0.25, -0.2) is 0 Å². The summed E-state index contributed by atoms with van der Waals surface area (Å²) in [6, 6.07) is 19.4. The Hall–Kier alpha value is -1.51. The average Bonchev–Trinajstić information content (AvgIpc) is 2.73. The summed E-state index contributed by atoms with van der Waals surface area (Å²) in [5, 5.41) is 0. The van der Waals surface area contributed by atoms with Crippen molar-refractivity contribution >= 4 is 12.4 Å². The van der Waals surface area contributed by atoms with Crippen LogP contribution in [0.2, 0.25) is 0 Å². The molecule has 1 atom stereocenters. The summed E-state index contributed by atoms with van der Waals surface area (Å²) in [6.07, 6.45) is 8.80. The number of rotatable bonds is 10. The van der Waals surface area contributed by atoms with E-state index in [1.807, 2.05) is 0 Å². The zero-order valence-corrected chi connectivity index (χ0v) is 18.1. The van der Waals surface area contributed by atoms with Crippen LogP contribution in [0.3, 0.4) is 0 Å². The molecule has 0 amide bonds. The smallest absolute Gasteiger partial charge is 0.119 e. The first-order valence-electron chi connectivity index (χ1n) is 10.8. The van der Waals surface area contributed by atoms with E-state index in [0.29, 0.717) is 5.92 Å². The lowest BCUT2D eigenvalue weighted by Crippen LogP contribution is -2.38. The number of benzene rings is 2. The number of likely N-dealkylation sites (tertiary alicyclic amines) is 1. The van der Waals surface area contributed by atoms with Gasteiger partial charge in [0.2, 0.25) is 0 Å². The molecule has 28 heavy (non-hydrogen) atoms. The van der Waals surface area contributed by atoms with Gasteiger partial charge in [-0.1, -0.05) is 62.2 Å². The molecule has 2 aromatic rings. The Morgan fingerprint density at radius 1 is 0.929 bits per heavy atom. The van der Waals surface area contributed by atoms with Gasteiger partial charge in [0.05, 0.1) is 6.61 Å². The second-order valence-corrected chi connectivity index (χ2v) is 7.96. The van der Waals surface area contributed by atoms with Crippen LogP contribution >= 0.6 is 12.4 Å². The Kier molecular flexibility index (Phi) is 10.5. The maximum atomic E-state index is 6.11. The molecular weight excluding hydrogens is 366 g/mol. The second kappa shape index (κ2) is 12.9. The number of halogens is 1. The van der Waals surface area contributed by atoms with Gasteiger partial charge in [-0.3, -0.25) is 0 Å². The molecule has 0 saturated carbocycles. The Labute approximate surface area is 177 Å². The molecule has 3 rings (SSSR count). The highest BCUT2D eigenvalue weighted by Crippen LogP contribution is 2.20. The molecule has 0 N–H and O–H groups in total. The first-order valence-corrected chi connectivity index (χ1v) is 10.8. The van der Waals surface area contributed by atoms with E-state index in [0.717, 1.165) is 25.2 Å². The highest BCUT2D eigenvalue weighted by Gasteiger charge is 2.20. The summed E-state index contributed by atoms with van der Waals surface area (Å²) >= 11 is 0. The van der Waals surface area contributed by atoms with Crippen LogP contribution in [0, 0.1) is 5.92 Å². The van der Waals surface area contributed by atoms with Gasteiger partial charge in [0.15, 0.2) is 0 Å². The molecule has 1 saturated heterocycles. The van der Waals surface area contributed by atoms with Crippen LogP contribution in [0.15, 0.2) is 54.6 Å². The maximum Gasteiger partial charge on any atom is 0.119 e. The molecule has 154 valence electrons. The fraction of sp³-hybridized carbons (Fsp3) is 0.520. The van der Waals surface area contributed by atoms with Crippen molar-refractivity contribution in [1.29, 1.82) is 0 Å². The van der Waals surface area contributed by atoms with Crippen LogP contribution in [0.5, 0.6) is 5.75 Å². The first-order chi connectivity index (χ1) is 13.3. The van der Waals surface area contributed by atoms with Crippen LogP contribution in [-0.4, -0.2) is 31.1 Å². The molecule has 1 unspecified atom stereocenters. The summed E-state index contributed by atoms with van der Waals surface area (Å²) in [4.78, 5) is 2.64. The molecule has 0 spiro atoms. The zero-order chi connectivity index (χ0) is 18.7. The second-order valence-electron chi connectivity index (χ2n) is 7.96. The summed E-state index contributed by atoms with van der Waals surface area (Å²) in [5.41, 5.74) is 2.78. The van der Waals surface area contributed by atoms with E-state index in [1.165, 1.54) is 62.9 Å². The quantitative estimate of drug-likeness (QED) is 0.441. The summed E-state index contributed by atoms with van der Waals surface area (Å²) in [5.74, 6) is 1.69. The fourth-order valence-electron chi connectivity index (χ4n) is 3.98. The Bertz CT molecular complexity index is 643. The number of aryl methyl sites for hydroxylation is 2. The van der Waals surface area contributed by atoms with Crippen LogP contribution in [0.4, 0.5) is 0 Å². The van der Waals surface area contributed by atoms with E-state index in [2.05, 4.69) is 66.4 Å². The number of unbranched alkanes of at least 4 members (excludes halogenated alkanes) is 2. The average molecular weight is 402 g/mol. The van der Waals surface area contributed by atoms with Gasteiger partial charge in [0.1, 0.15) is 5.75 Å². The van der Waals surface area contributed by atoms with E-state index < -0.39 is 0 Å². The van der Waals surface area contributed by atoms with Crippen molar-refractivity contribution in [2.45, 2.75) is 51.9 Å². The molecule has 1 aliphatic heterocycles. The van der Waals surface area contributed by atoms with Crippen LogP contribution in [0.25, 0.3) is 0 Å². The van der Waals surface area contributed by atoms with Crippen molar-refractivity contribution in [3.05, 3.63) is 65.7 Å². The fourth-order valence-corrected chi connectivity index (χ4v) is 3.98. The largest absolute Gasteiger partial charge is 0.493 e. The Morgan fingerprint density at radius 3 is 2.36 bits per heavy atom. The number of hydrogen-bond donors (Lipinski definition) is 0. The van der Waals surface area contributed by atoms with Gasteiger partial charge in [-0.2, -0.15) is 0 Å². The van der Waals surface area contributed by atoms with Crippen molar-refractivity contribution in [2.75, 3.05) is 26.2 Å². The molecule has 1 fully saturated rings. The highest BCUT2D eigenvalue weighted by atomic mass is 35.5. The van der Waals surface area contributed by atoms with Gasteiger partial charge in [0, 0.05) is 12.5 Å². The van der Waals surface area contributed by atoms with Crippen molar-refractivity contribution in [3.63, 3.8) is 0 Å². The summed E-state index contributed by atoms with van der Waals surface area (Å²) in [7, 11) is 0. The van der Waals surface area contributed by atoms with Crippen LogP contribution < -0.4 is 4.74 Å². The Balaban J connectivity index is 0.00000280. The van der Waals surface area contributed by atoms with Gasteiger partial charge in [-0.15, -0.1) is 12.4 Å². The molecule has 1 heterocycles. The van der Waals surface area contributed by atoms with Gasteiger partial charge >= 0.3 is 0 Å². The maximum absolute atomic E-state index is 6.11. The lowest BCUT2D eigenvalue weighted by atomic mass is 9.98. The standard InChI is InChI=1S/C25H35NO.ClH/c1-2-3-7-18-26-19-8-11-24(20-26)21-27-25-16-14-23(15-17-25)13-12-22-9-5-4-6-10-22;/h4-6,9-10,14-17,24H,2-3,7-8,11-13,18-21H2,1H3;1H. The van der Waals surface area contributed by atoms with Crippen LogP contribution in [0.1, 0.15) is 50.2 Å². The summed E-state index contributed by atoms with van der Waals surface area (Å²) < 4.78 is 6.11. The predicted molar refractivity (Wildman–Crippen MR) is 122 cm³/mol. The van der Waals surface area contributed by atoms with E-state index >= 15 is 0 Å². The zero-order valence-electron chi connectivity index (χ0n) is 17.3. The molecule has 0 aromatic heterocycles. The third-order valence-electron chi connectivity index (χ3n) is 5.64. The third kappa shape index (κ3) is 7.85. The van der Waals surface area contributed by atoms with Crippen molar-refractivity contribution < 1.29 is 4.74 Å². The monoisotopic (exact) mass is 401 g/mol. The molecule has 0 aliphatic carbocycles. The van der Waals surface area contributed by atoms with Gasteiger partial charge in [0.25, 0.3) is 0 Å². The van der Waals surface area contributed by atoms with Crippen LogP contribution in [-0.2, 0) is 12.8 Å². The molecule has 0 radical (unpaired) electrons. The summed E-state index contributed by atoms with van der Waals surface area (Å²) in [6.45, 7) is 6.88. The van der Waals surface area contributed by atoms with Gasteiger partial charge < -0.3 is 9.64 Å². The van der Waals surface area contributed by atoms with Crippen molar-refractivity contribution in [3.8, 4) is 5.75 Å². The number of ether oxygens (including phenoxy) is 1. The van der Waals surface area contributed by atoms with Gasteiger partial charge in [-0.05, 0) is 68.5 Å². The SMILES string of the molecule is CCCCCN1CCCC(COc2ccc(CCc3ccccc3)cc2)C1.Cl. The molecule has 2 aromatic carbocycles. The number of nitrogens with zero attached hydrogens (tertiary/aromatic N) is 1. The third-order valence-corrected chi connectivity index (χ3v) is 5.64. The van der Waals surface area contributed by atoms with Crippen molar-refractivity contribution in [1.82, 2.24) is 4.90 Å². The lowest BCUT2D eigenvalue weighted by molar-refractivity contribution is 0.128. The minimum Gasteiger partial charge on any atom is -0.493 e. The highest BCUT2D eigenvalue weighted by molar-refractivity contribution is 5.85. The number of hydrogen-bond acceptors (Lipinski definition) is 2. The van der Waals surface area contributed by atoms with E-state index in [-0.39, 0.29) is 12.4 Å².